The normalized spacial score (nSPS) is 11.6. The highest BCUT2D eigenvalue weighted by Crippen LogP contribution is 2.21. The van der Waals surface area contributed by atoms with Gasteiger partial charge in [-0.3, -0.25) is 14.2 Å². The van der Waals surface area contributed by atoms with Crippen molar-refractivity contribution in [2.75, 3.05) is 0 Å². The van der Waals surface area contributed by atoms with Crippen LogP contribution in [0.1, 0.15) is 36.7 Å². The monoisotopic (exact) mass is 373 g/mol. The lowest BCUT2D eigenvalue weighted by molar-refractivity contribution is 0.716. The molecule has 0 aliphatic heterocycles. The minimum atomic E-state index is -0.315. The quantitative estimate of drug-likeness (QED) is 0.500. The summed E-state index contributed by atoms with van der Waals surface area (Å²) in [5.41, 5.74) is 3.48. The lowest BCUT2D eigenvalue weighted by Gasteiger charge is -2.18. The van der Waals surface area contributed by atoms with Gasteiger partial charge in [-0.1, -0.05) is 32.0 Å². The smallest absolute Gasteiger partial charge is 0.271 e. The van der Waals surface area contributed by atoms with Crippen LogP contribution in [0.5, 0.6) is 0 Å². The Labute approximate surface area is 162 Å². The van der Waals surface area contributed by atoms with Gasteiger partial charge in [0.05, 0.1) is 11.2 Å². The van der Waals surface area contributed by atoms with Crippen molar-refractivity contribution in [1.82, 2.24) is 14.1 Å². The Hall–Kier alpha value is -3.21. The molecule has 28 heavy (non-hydrogen) atoms. The molecule has 0 radical (unpaired) electrons. The first-order valence-corrected chi connectivity index (χ1v) is 9.42. The van der Waals surface area contributed by atoms with Crippen LogP contribution in [0.4, 0.5) is 0 Å². The van der Waals surface area contributed by atoms with Gasteiger partial charge in [-0.05, 0) is 49.2 Å². The summed E-state index contributed by atoms with van der Waals surface area (Å²) >= 11 is 0. The van der Waals surface area contributed by atoms with Crippen molar-refractivity contribution in [1.29, 1.82) is 0 Å². The summed E-state index contributed by atoms with van der Waals surface area (Å²) in [5, 5.41) is 0.658. The van der Waals surface area contributed by atoms with E-state index in [-0.39, 0.29) is 22.3 Å². The number of para-hydroxylation sites is 1. The van der Waals surface area contributed by atoms with E-state index in [9.17, 15) is 9.59 Å². The highest BCUT2D eigenvalue weighted by atomic mass is 16.1. The van der Waals surface area contributed by atoms with Crippen LogP contribution in [-0.2, 0) is 7.05 Å². The maximum absolute atomic E-state index is 13.6. The third-order valence-electron chi connectivity index (χ3n) is 5.13. The lowest BCUT2D eigenvalue weighted by atomic mass is 10.1. The van der Waals surface area contributed by atoms with Crippen molar-refractivity contribution >= 4 is 21.9 Å². The first-order chi connectivity index (χ1) is 13.3. The first kappa shape index (κ1) is 18.2. The summed E-state index contributed by atoms with van der Waals surface area (Å²) in [7, 11) is 1.85. The van der Waals surface area contributed by atoms with E-state index in [4.69, 9.17) is 4.98 Å². The van der Waals surface area contributed by atoms with E-state index in [0.29, 0.717) is 16.9 Å². The molecule has 0 spiro atoms. The fourth-order valence-electron chi connectivity index (χ4n) is 3.89. The standard InChI is InChI=1S/C23H23N3O2/c1-13(2)21-24-22-19(20(27)17-8-6-7-9-18(17)25(22)5)23(28)26(21)16-11-14(3)10-15(4)12-16/h6-13H,1-5H3. The van der Waals surface area contributed by atoms with Crippen molar-refractivity contribution < 1.29 is 0 Å². The zero-order chi connectivity index (χ0) is 20.2. The van der Waals surface area contributed by atoms with Gasteiger partial charge >= 0.3 is 0 Å². The molecule has 0 aliphatic carbocycles. The number of hydrogen-bond donors (Lipinski definition) is 0. The summed E-state index contributed by atoms with van der Waals surface area (Å²) in [4.78, 5) is 31.6. The first-order valence-electron chi connectivity index (χ1n) is 9.42. The Kier molecular flexibility index (Phi) is 4.18. The molecule has 0 aliphatic rings. The largest absolute Gasteiger partial charge is 0.328 e. The molecular weight excluding hydrogens is 350 g/mol. The Morgan fingerprint density at radius 1 is 0.964 bits per heavy atom. The number of rotatable bonds is 2. The predicted molar refractivity (Wildman–Crippen MR) is 114 cm³/mol. The van der Waals surface area contributed by atoms with Crippen molar-refractivity contribution in [2.24, 2.45) is 7.05 Å². The van der Waals surface area contributed by atoms with E-state index in [1.54, 1.807) is 10.6 Å². The maximum atomic E-state index is 13.6. The fourth-order valence-corrected chi connectivity index (χ4v) is 3.89. The average molecular weight is 373 g/mol. The van der Waals surface area contributed by atoms with Crippen LogP contribution in [-0.4, -0.2) is 14.1 Å². The van der Waals surface area contributed by atoms with E-state index in [1.165, 1.54) is 0 Å². The van der Waals surface area contributed by atoms with Gasteiger partial charge < -0.3 is 4.57 Å². The zero-order valence-electron chi connectivity index (χ0n) is 16.8. The predicted octanol–water partition coefficient (Wildman–Crippen LogP) is 3.98. The van der Waals surface area contributed by atoms with E-state index < -0.39 is 0 Å². The highest BCUT2D eigenvalue weighted by molar-refractivity contribution is 5.91. The Morgan fingerprint density at radius 2 is 1.61 bits per heavy atom. The van der Waals surface area contributed by atoms with E-state index in [2.05, 4.69) is 6.07 Å². The Morgan fingerprint density at radius 3 is 2.25 bits per heavy atom. The van der Waals surface area contributed by atoms with Crippen molar-refractivity contribution in [3.8, 4) is 5.69 Å². The molecule has 2 aromatic carbocycles. The second-order valence-corrected chi connectivity index (χ2v) is 7.72. The molecule has 142 valence electrons. The molecule has 0 unspecified atom stereocenters. The van der Waals surface area contributed by atoms with Crippen LogP contribution in [0.3, 0.4) is 0 Å². The second-order valence-electron chi connectivity index (χ2n) is 7.72. The van der Waals surface area contributed by atoms with Gasteiger partial charge in [0.1, 0.15) is 11.2 Å². The SMILES string of the molecule is Cc1cc(C)cc(-n2c(C(C)C)nc3c(c(=O)c4ccccc4n3C)c2=O)c1. The molecule has 4 rings (SSSR count). The maximum Gasteiger partial charge on any atom is 0.271 e. The topological polar surface area (TPSA) is 56.9 Å². The van der Waals surface area contributed by atoms with E-state index in [1.807, 2.05) is 69.6 Å². The molecule has 0 N–H and O–H groups in total. The highest BCUT2D eigenvalue weighted by Gasteiger charge is 2.20. The zero-order valence-corrected chi connectivity index (χ0v) is 16.8. The summed E-state index contributed by atoms with van der Waals surface area (Å²) in [6.07, 6.45) is 0. The summed E-state index contributed by atoms with van der Waals surface area (Å²) < 4.78 is 3.44. The van der Waals surface area contributed by atoms with Crippen LogP contribution in [0, 0.1) is 13.8 Å². The average Bonchev–Trinajstić information content (AvgIpc) is 2.64. The molecule has 4 aromatic rings. The van der Waals surface area contributed by atoms with Gasteiger partial charge in [-0.2, -0.15) is 0 Å². The molecule has 0 atom stereocenters. The molecule has 5 nitrogen and oxygen atoms in total. The van der Waals surface area contributed by atoms with E-state index >= 15 is 0 Å². The number of aryl methyl sites for hydroxylation is 3. The van der Waals surface area contributed by atoms with Crippen LogP contribution < -0.4 is 11.0 Å². The van der Waals surface area contributed by atoms with Crippen molar-refractivity contribution in [3.63, 3.8) is 0 Å². The van der Waals surface area contributed by atoms with Crippen LogP contribution >= 0.6 is 0 Å². The molecule has 2 aromatic heterocycles. The molecule has 0 saturated heterocycles. The molecule has 2 heterocycles. The molecule has 0 fully saturated rings. The fraction of sp³-hybridized carbons (Fsp3) is 0.261. The Bertz CT molecular complexity index is 1340. The molecule has 0 amide bonds. The summed E-state index contributed by atoms with van der Waals surface area (Å²) in [5.74, 6) is 0.660. The van der Waals surface area contributed by atoms with Gasteiger partial charge in [0.15, 0.2) is 5.65 Å². The van der Waals surface area contributed by atoms with Gasteiger partial charge in [0, 0.05) is 18.4 Å². The minimum Gasteiger partial charge on any atom is -0.328 e. The van der Waals surface area contributed by atoms with Crippen molar-refractivity contribution in [2.45, 2.75) is 33.6 Å². The number of nitrogens with zero attached hydrogens (tertiary/aromatic N) is 3. The number of aromatic nitrogens is 3. The van der Waals surface area contributed by atoms with Gasteiger partial charge in [-0.15, -0.1) is 0 Å². The van der Waals surface area contributed by atoms with Crippen LogP contribution in [0.15, 0.2) is 52.1 Å². The number of fused-ring (bicyclic) bond motifs is 2. The summed E-state index contributed by atoms with van der Waals surface area (Å²) in [6, 6.07) is 13.3. The second kappa shape index (κ2) is 6.44. The number of hydrogen-bond acceptors (Lipinski definition) is 3. The minimum absolute atomic E-state index is 0.0134. The Balaban J connectivity index is 2.26. The van der Waals surface area contributed by atoms with E-state index in [0.717, 1.165) is 22.3 Å². The molecular formula is C23H23N3O2. The van der Waals surface area contributed by atoms with Crippen LogP contribution in [0.25, 0.3) is 27.6 Å². The summed E-state index contributed by atoms with van der Waals surface area (Å²) in [6.45, 7) is 8.01. The van der Waals surface area contributed by atoms with Crippen LogP contribution in [0.2, 0.25) is 0 Å². The lowest BCUT2D eigenvalue weighted by Crippen LogP contribution is -2.30. The number of benzene rings is 2. The van der Waals surface area contributed by atoms with Gasteiger partial charge in [0.2, 0.25) is 5.43 Å². The molecule has 0 bridgehead atoms. The van der Waals surface area contributed by atoms with Crippen molar-refractivity contribution in [3.05, 3.63) is 80.0 Å². The molecule has 0 saturated carbocycles. The molecule has 5 heteroatoms. The number of pyridine rings is 1. The third kappa shape index (κ3) is 2.66. The van der Waals surface area contributed by atoms with Gasteiger partial charge in [0.25, 0.3) is 5.56 Å². The third-order valence-corrected chi connectivity index (χ3v) is 5.13. The van der Waals surface area contributed by atoms with Gasteiger partial charge in [-0.25, -0.2) is 4.98 Å².